The molecule has 29 heavy (non-hydrogen) atoms. The lowest BCUT2D eigenvalue weighted by molar-refractivity contribution is -0.114. The minimum absolute atomic E-state index is 0.0433. The van der Waals surface area contributed by atoms with Crippen LogP contribution in [0.15, 0.2) is 46.0 Å². The predicted octanol–water partition coefficient (Wildman–Crippen LogP) is 5.08. The molecule has 0 bridgehead atoms. The zero-order chi connectivity index (χ0) is 20.7. The summed E-state index contributed by atoms with van der Waals surface area (Å²) in [5.74, 6) is 0.487. The number of amides is 1. The second kappa shape index (κ2) is 7.85. The molecule has 0 aliphatic carbocycles. The Morgan fingerprint density at radius 1 is 1.31 bits per heavy atom. The van der Waals surface area contributed by atoms with Gasteiger partial charge in [0.2, 0.25) is 5.17 Å². The van der Waals surface area contributed by atoms with Crippen molar-refractivity contribution >= 4 is 62.5 Å². The first-order chi connectivity index (χ1) is 13.9. The lowest BCUT2D eigenvalue weighted by Crippen LogP contribution is -2.35. The molecule has 0 saturated carbocycles. The summed E-state index contributed by atoms with van der Waals surface area (Å²) in [6.45, 7) is 5.98. The molecular formula is C20H18ClN5OS2. The number of hydrazone groups is 1. The Morgan fingerprint density at radius 2 is 2.07 bits per heavy atom. The molecule has 2 aliphatic heterocycles. The third-order valence-electron chi connectivity index (χ3n) is 4.57. The Labute approximate surface area is 182 Å². The molecule has 0 unspecified atom stereocenters. The van der Waals surface area contributed by atoms with Crippen molar-refractivity contribution < 1.29 is 4.79 Å². The SMILES string of the molecule is CCSC1=NN2C(=N)/C(=C\c3cc(C)n(-c4ccccc4Cl)c3C)C(=O)N=C2S1. The van der Waals surface area contributed by atoms with E-state index in [1.807, 2.05) is 55.7 Å². The fraction of sp³-hybridized carbons (Fsp3) is 0.200. The van der Waals surface area contributed by atoms with E-state index in [4.69, 9.17) is 17.0 Å². The third-order valence-corrected chi connectivity index (χ3v) is 6.81. The molecule has 9 heteroatoms. The highest BCUT2D eigenvalue weighted by molar-refractivity contribution is 8.45. The van der Waals surface area contributed by atoms with E-state index >= 15 is 0 Å². The number of hydrogen-bond donors (Lipinski definition) is 1. The highest BCUT2D eigenvalue weighted by Gasteiger charge is 2.35. The number of carbonyl (C=O) groups excluding carboxylic acids is 1. The second-order valence-corrected chi connectivity index (χ2v) is 9.31. The quantitative estimate of drug-likeness (QED) is 0.671. The van der Waals surface area contributed by atoms with Crippen molar-refractivity contribution in [1.29, 1.82) is 5.41 Å². The van der Waals surface area contributed by atoms with Gasteiger partial charge in [0, 0.05) is 11.4 Å². The molecule has 148 valence electrons. The van der Waals surface area contributed by atoms with Crippen LogP contribution in [-0.4, -0.2) is 36.6 Å². The van der Waals surface area contributed by atoms with Gasteiger partial charge in [-0.1, -0.05) is 42.4 Å². The summed E-state index contributed by atoms with van der Waals surface area (Å²) in [5, 5.41) is 15.4. The van der Waals surface area contributed by atoms with Crippen molar-refractivity contribution in [2.24, 2.45) is 10.1 Å². The van der Waals surface area contributed by atoms with Crippen LogP contribution in [0.4, 0.5) is 0 Å². The number of fused-ring (bicyclic) bond motifs is 1. The maximum Gasteiger partial charge on any atom is 0.283 e. The van der Waals surface area contributed by atoms with Gasteiger partial charge in [-0.2, -0.15) is 10.0 Å². The van der Waals surface area contributed by atoms with Crippen LogP contribution in [0.3, 0.4) is 0 Å². The van der Waals surface area contributed by atoms with E-state index in [0.29, 0.717) is 10.2 Å². The highest BCUT2D eigenvalue weighted by atomic mass is 35.5. The number of benzene rings is 1. The second-order valence-electron chi connectivity index (χ2n) is 6.43. The van der Waals surface area contributed by atoms with Crippen LogP contribution in [0.1, 0.15) is 23.9 Å². The van der Waals surface area contributed by atoms with E-state index in [9.17, 15) is 4.79 Å². The number of halogens is 1. The molecule has 2 aromatic rings. The maximum absolute atomic E-state index is 12.6. The summed E-state index contributed by atoms with van der Waals surface area (Å²) in [6.07, 6.45) is 1.71. The molecule has 3 heterocycles. The monoisotopic (exact) mass is 443 g/mol. The molecular weight excluding hydrogens is 426 g/mol. The van der Waals surface area contributed by atoms with Gasteiger partial charge in [-0.15, -0.1) is 5.10 Å². The summed E-state index contributed by atoms with van der Waals surface area (Å²) in [6, 6.07) is 9.60. The van der Waals surface area contributed by atoms with Crippen LogP contribution < -0.4 is 0 Å². The summed E-state index contributed by atoms with van der Waals surface area (Å²) in [4.78, 5) is 16.8. The number of nitrogens with zero attached hydrogens (tertiary/aromatic N) is 4. The number of aryl methyl sites for hydroxylation is 1. The number of hydrogen-bond acceptors (Lipinski definition) is 5. The van der Waals surface area contributed by atoms with Gasteiger partial charge < -0.3 is 4.57 Å². The molecule has 1 N–H and O–H groups in total. The minimum Gasteiger partial charge on any atom is -0.316 e. The van der Waals surface area contributed by atoms with Crippen molar-refractivity contribution in [1.82, 2.24) is 9.58 Å². The summed E-state index contributed by atoms with van der Waals surface area (Å²) >= 11 is 9.27. The van der Waals surface area contributed by atoms with E-state index < -0.39 is 5.91 Å². The van der Waals surface area contributed by atoms with Gasteiger partial charge in [0.25, 0.3) is 5.91 Å². The molecule has 2 aliphatic rings. The van der Waals surface area contributed by atoms with Gasteiger partial charge in [-0.3, -0.25) is 10.2 Å². The van der Waals surface area contributed by atoms with E-state index in [1.54, 1.807) is 17.8 Å². The zero-order valence-electron chi connectivity index (χ0n) is 16.1. The van der Waals surface area contributed by atoms with Crippen LogP contribution >= 0.6 is 35.1 Å². The van der Waals surface area contributed by atoms with E-state index in [-0.39, 0.29) is 11.4 Å². The topological polar surface area (TPSA) is 73.8 Å². The van der Waals surface area contributed by atoms with Gasteiger partial charge in [0.05, 0.1) is 16.3 Å². The van der Waals surface area contributed by atoms with Gasteiger partial charge in [-0.25, -0.2) is 0 Å². The van der Waals surface area contributed by atoms with Gasteiger partial charge in [0.1, 0.15) is 0 Å². The molecule has 4 rings (SSSR count). The Morgan fingerprint density at radius 3 is 2.79 bits per heavy atom. The first-order valence-corrected chi connectivity index (χ1v) is 11.2. The zero-order valence-corrected chi connectivity index (χ0v) is 18.5. The number of thioether (sulfide) groups is 2. The largest absolute Gasteiger partial charge is 0.316 e. The van der Waals surface area contributed by atoms with Crippen molar-refractivity contribution in [3.8, 4) is 5.69 Å². The average Bonchev–Trinajstić information content (AvgIpc) is 3.20. The van der Waals surface area contributed by atoms with Crippen molar-refractivity contribution in [3.05, 3.63) is 57.9 Å². The van der Waals surface area contributed by atoms with Crippen LogP contribution in [-0.2, 0) is 4.79 Å². The number of carbonyl (C=O) groups is 1. The predicted molar refractivity (Wildman–Crippen MR) is 123 cm³/mol. The van der Waals surface area contributed by atoms with Crippen LogP contribution in [0.5, 0.6) is 0 Å². The molecule has 0 saturated heterocycles. The Hall–Kier alpha value is -2.29. The number of rotatable bonds is 3. The molecule has 6 nitrogen and oxygen atoms in total. The van der Waals surface area contributed by atoms with Gasteiger partial charge >= 0.3 is 0 Å². The molecule has 1 aromatic carbocycles. The molecule has 1 aromatic heterocycles. The van der Waals surface area contributed by atoms with Crippen LogP contribution in [0, 0.1) is 19.3 Å². The van der Waals surface area contributed by atoms with E-state index in [2.05, 4.69) is 10.1 Å². The number of aliphatic imine (C=N–C) groups is 1. The first kappa shape index (κ1) is 20.0. The molecule has 0 fully saturated rings. The van der Waals surface area contributed by atoms with Crippen molar-refractivity contribution in [3.63, 3.8) is 0 Å². The van der Waals surface area contributed by atoms with E-state index in [1.165, 1.54) is 16.8 Å². The third kappa shape index (κ3) is 3.56. The smallest absolute Gasteiger partial charge is 0.283 e. The fourth-order valence-electron chi connectivity index (χ4n) is 3.25. The summed E-state index contributed by atoms with van der Waals surface area (Å²) in [5.41, 5.74) is 3.85. The average molecular weight is 444 g/mol. The number of nitrogens with one attached hydrogen (secondary N) is 1. The lowest BCUT2D eigenvalue weighted by atomic mass is 10.1. The Kier molecular flexibility index (Phi) is 5.42. The first-order valence-electron chi connectivity index (χ1n) is 8.97. The van der Waals surface area contributed by atoms with Crippen molar-refractivity contribution in [2.45, 2.75) is 20.8 Å². The van der Waals surface area contributed by atoms with Gasteiger partial charge in [-0.05, 0) is 61.2 Å². The van der Waals surface area contributed by atoms with E-state index in [0.717, 1.165) is 32.8 Å². The van der Waals surface area contributed by atoms with Crippen molar-refractivity contribution in [2.75, 3.05) is 5.75 Å². The molecule has 1 amide bonds. The number of para-hydroxylation sites is 1. The minimum atomic E-state index is -0.422. The summed E-state index contributed by atoms with van der Waals surface area (Å²) in [7, 11) is 0. The Balaban J connectivity index is 1.74. The fourth-order valence-corrected chi connectivity index (χ4v) is 5.29. The molecule has 0 radical (unpaired) electrons. The lowest BCUT2D eigenvalue weighted by Gasteiger charge is -2.20. The Bertz CT molecular complexity index is 1130. The molecule has 0 spiro atoms. The van der Waals surface area contributed by atoms with Crippen LogP contribution in [0.2, 0.25) is 5.02 Å². The highest BCUT2D eigenvalue weighted by Crippen LogP contribution is 2.33. The van der Waals surface area contributed by atoms with Crippen LogP contribution in [0.25, 0.3) is 11.8 Å². The number of aromatic nitrogens is 1. The van der Waals surface area contributed by atoms with Gasteiger partial charge in [0.15, 0.2) is 10.2 Å². The summed E-state index contributed by atoms with van der Waals surface area (Å²) < 4.78 is 2.84. The normalized spacial score (nSPS) is 17.7. The molecule has 0 atom stereocenters. The standard InChI is InChI=1S/C20H18ClN5OS2/c1-4-28-20-24-26-17(22)14(18(27)23-19(26)29-20)10-13-9-11(2)25(12(13)3)16-8-6-5-7-15(16)21/h5-10,22H,4H2,1-3H3/b14-10+,22-17?. The number of amidine groups is 2. The maximum atomic E-state index is 12.6.